The van der Waals surface area contributed by atoms with Gasteiger partial charge >= 0.3 is 0 Å². The minimum Gasteiger partial charge on any atom is -0.309 e. The first-order valence-corrected chi connectivity index (χ1v) is 20.8. The lowest BCUT2D eigenvalue weighted by atomic mass is 10.1. The van der Waals surface area contributed by atoms with Crippen LogP contribution in [0.25, 0.3) is 34.2 Å². The maximum Gasteiger partial charge on any atom is 0.171 e. The smallest absolute Gasteiger partial charge is 0.171 e. The van der Waals surface area contributed by atoms with E-state index in [1.807, 2.05) is 182 Å². The van der Waals surface area contributed by atoms with Crippen molar-refractivity contribution in [3.63, 3.8) is 0 Å². The molecule has 6 nitrogen and oxygen atoms in total. The van der Waals surface area contributed by atoms with Gasteiger partial charge < -0.3 is 9.13 Å². The van der Waals surface area contributed by atoms with Crippen molar-refractivity contribution in [3.8, 4) is 34.2 Å². The summed E-state index contributed by atoms with van der Waals surface area (Å²) in [7, 11) is -6.36. The van der Waals surface area contributed by atoms with Crippen LogP contribution in [0, 0.1) is 0 Å². The van der Waals surface area contributed by atoms with E-state index in [0.717, 1.165) is 38.6 Å². The molecule has 0 spiro atoms. The van der Waals surface area contributed by atoms with Crippen molar-refractivity contribution in [2.45, 2.75) is 0 Å². The van der Waals surface area contributed by atoms with E-state index in [1.54, 1.807) is 12.1 Å². The minimum atomic E-state index is -3.18. The lowest BCUT2D eigenvalue weighted by molar-refractivity contribution is 0.112. The average Bonchev–Trinajstić information content (AvgIpc) is 3.27. The first-order chi connectivity index (χ1) is 26.5. The summed E-state index contributed by atoms with van der Waals surface area (Å²) in [5.74, 6) is 1.29. The number of benzene rings is 7. The van der Waals surface area contributed by atoms with Gasteiger partial charge in [-0.3, -0.25) is 4.79 Å². The highest BCUT2D eigenvalue weighted by atomic mass is 31.2. The Morgan fingerprint density at radius 2 is 0.556 bits per heavy atom. The molecule has 1 heterocycles. The zero-order valence-electron chi connectivity index (χ0n) is 29.0. The second kappa shape index (κ2) is 15.0. The average molecular weight is 738 g/mol. The van der Waals surface area contributed by atoms with Crippen molar-refractivity contribution in [2.24, 2.45) is 0 Å². The zero-order chi connectivity index (χ0) is 37.0. The van der Waals surface area contributed by atoms with Gasteiger partial charge in [-0.2, -0.15) is 0 Å². The number of nitrogens with zero attached hydrogens (tertiary/aromatic N) is 3. The van der Waals surface area contributed by atoms with E-state index in [2.05, 4.69) is 0 Å². The summed E-state index contributed by atoms with van der Waals surface area (Å²) in [6.07, 6.45) is 0.796. The molecule has 0 fully saturated rings. The molecule has 7 aromatic carbocycles. The topological polar surface area (TPSA) is 89.9 Å². The molecule has 0 N–H and O–H groups in total. The molecule has 0 bridgehead atoms. The molecule has 0 saturated heterocycles. The van der Waals surface area contributed by atoms with Gasteiger partial charge in [0.15, 0.2) is 31.8 Å². The van der Waals surface area contributed by atoms with E-state index in [0.29, 0.717) is 39.2 Å². The predicted octanol–water partition coefficient (Wildman–Crippen LogP) is 7.96. The summed E-state index contributed by atoms with van der Waals surface area (Å²) >= 11 is 0. The van der Waals surface area contributed by atoms with Crippen molar-refractivity contribution in [2.75, 3.05) is 0 Å². The van der Waals surface area contributed by atoms with Crippen molar-refractivity contribution in [3.05, 3.63) is 200 Å². The van der Waals surface area contributed by atoms with Crippen LogP contribution < -0.4 is 31.8 Å². The molecular formula is C46H33N3O3P2. The third-order valence-corrected chi connectivity index (χ3v) is 15.5. The zero-order valence-corrected chi connectivity index (χ0v) is 30.8. The van der Waals surface area contributed by atoms with E-state index in [4.69, 9.17) is 15.0 Å². The Morgan fingerprint density at radius 1 is 0.315 bits per heavy atom. The fraction of sp³-hybridized carbons (Fsp3) is 0. The molecule has 1 aromatic heterocycles. The Bertz CT molecular complexity index is 2390. The summed E-state index contributed by atoms with van der Waals surface area (Å²) in [5.41, 5.74) is 2.70. The van der Waals surface area contributed by atoms with Gasteiger partial charge in [0.1, 0.15) is 6.29 Å². The first-order valence-electron chi connectivity index (χ1n) is 17.4. The number of rotatable bonds is 10. The first kappa shape index (κ1) is 34.7. The molecule has 0 aliphatic heterocycles. The second-order valence-electron chi connectivity index (χ2n) is 12.7. The van der Waals surface area contributed by atoms with E-state index in [-0.39, 0.29) is 0 Å². The number of carbonyl (C=O) groups is 1. The van der Waals surface area contributed by atoms with E-state index in [1.165, 1.54) is 0 Å². The van der Waals surface area contributed by atoms with Crippen LogP contribution in [-0.2, 0) is 9.13 Å². The molecule has 0 unspecified atom stereocenters. The Hall–Kier alpha value is -6.32. The van der Waals surface area contributed by atoms with Crippen molar-refractivity contribution in [1.82, 2.24) is 15.0 Å². The molecule has 0 amide bonds. The number of aldehydes is 1. The number of hydrogen-bond donors (Lipinski definition) is 0. The summed E-state index contributed by atoms with van der Waals surface area (Å²) in [6, 6.07) is 60.4. The quantitative estimate of drug-likeness (QED) is 0.105. The fourth-order valence-electron chi connectivity index (χ4n) is 6.56. The summed E-state index contributed by atoms with van der Waals surface area (Å²) in [4.78, 5) is 26.1. The number of aromatic nitrogens is 3. The number of hydrogen-bond acceptors (Lipinski definition) is 6. The Kier molecular flexibility index (Phi) is 9.63. The highest BCUT2D eigenvalue weighted by molar-refractivity contribution is 7.85. The SMILES string of the molecule is O=Cc1ccc(-c2nc(-c3ccc(P(=O)(c4ccccc4)c4ccccc4)cc3)nc(-c3ccc(P(=O)(c4ccccc4)c4ccccc4)cc3)n2)cc1. The van der Waals surface area contributed by atoms with Gasteiger partial charge in [0, 0.05) is 54.1 Å². The predicted molar refractivity (Wildman–Crippen MR) is 220 cm³/mol. The summed E-state index contributed by atoms with van der Waals surface area (Å²) in [6.45, 7) is 0. The molecule has 54 heavy (non-hydrogen) atoms. The highest BCUT2D eigenvalue weighted by Crippen LogP contribution is 2.44. The normalized spacial score (nSPS) is 11.6. The van der Waals surface area contributed by atoms with Crippen LogP contribution in [0.3, 0.4) is 0 Å². The van der Waals surface area contributed by atoms with Gasteiger partial charge in [-0.15, -0.1) is 0 Å². The van der Waals surface area contributed by atoms with Gasteiger partial charge in [0.25, 0.3) is 0 Å². The Labute approximate surface area is 314 Å². The van der Waals surface area contributed by atoms with Gasteiger partial charge in [0.05, 0.1) is 0 Å². The maximum absolute atomic E-state index is 15.0. The lowest BCUT2D eigenvalue weighted by Gasteiger charge is -2.20. The molecule has 0 atom stereocenters. The molecule has 8 aromatic rings. The number of carbonyl (C=O) groups excluding carboxylic acids is 1. The third kappa shape index (κ3) is 6.58. The molecule has 8 rings (SSSR count). The van der Waals surface area contributed by atoms with E-state index in [9.17, 15) is 13.9 Å². The molecular weight excluding hydrogens is 704 g/mol. The van der Waals surface area contributed by atoms with Crippen LogP contribution in [0.2, 0.25) is 0 Å². The highest BCUT2D eigenvalue weighted by Gasteiger charge is 2.31. The molecule has 0 radical (unpaired) electrons. The second-order valence-corrected chi connectivity index (χ2v) is 18.2. The van der Waals surface area contributed by atoms with Crippen LogP contribution in [0.1, 0.15) is 10.4 Å². The molecule has 260 valence electrons. The van der Waals surface area contributed by atoms with Crippen LogP contribution >= 0.6 is 14.3 Å². The van der Waals surface area contributed by atoms with Crippen molar-refractivity contribution in [1.29, 1.82) is 0 Å². The fourth-order valence-corrected chi connectivity index (χ4v) is 11.9. The standard InChI is InChI=1S/C46H33N3O3P2/c50-33-34-21-23-35(24-22-34)44-47-45(36-25-29-42(30-26-36)53(51,38-13-5-1-6-14-38)39-15-7-2-8-16-39)49-46(48-44)37-27-31-43(32-28-37)54(52,40-17-9-3-10-18-40)41-19-11-4-12-20-41/h1-33H. The summed E-state index contributed by atoms with van der Waals surface area (Å²) < 4.78 is 30.0. The van der Waals surface area contributed by atoms with Crippen LogP contribution in [0.5, 0.6) is 0 Å². The molecule has 8 heteroatoms. The molecule has 0 aliphatic rings. The summed E-state index contributed by atoms with van der Waals surface area (Å²) in [5, 5.41) is 4.39. The monoisotopic (exact) mass is 737 g/mol. The van der Waals surface area contributed by atoms with Crippen molar-refractivity contribution < 1.29 is 13.9 Å². The Morgan fingerprint density at radius 3 is 0.815 bits per heavy atom. The van der Waals surface area contributed by atoms with Crippen molar-refractivity contribution >= 4 is 52.4 Å². The Balaban J connectivity index is 1.22. The van der Waals surface area contributed by atoms with Gasteiger partial charge in [0.2, 0.25) is 0 Å². The van der Waals surface area contributed by atoms with Gasteiger partial charge in [-0.25, -0.2) is 15.0 Å². The van der Waals surface area contributed by atoms with Crippen LogP contribution in [0.15, 0.2) is 194 Å². The minimum absolute atomic E-state index is 0.429. The maximum atomic E-state index is 15.0. The van der Waals surface area contributed by atoms with Gasteiger partial charge in [-0.1, -0.05) is 194 Å². The molecule has 0 saturated carbocycles. The largest absolute Gasteiger partial charge is 0.309 e. The van der Waals surface area contributed by atoms with E-state index < -0.39 is 14.3 Å². The van der Waals surface area contributed by atoms with Crippen LogP contribution in [0.4, 0.5) is 0 Å². The van der Waals surface area contributed by atoms with E-state index >= 15 is 0 Å². The third-order valence-electron chi connectivity index (χ3n) is 9.40. The molecule has 0 aliphatic carbocycles. The van der Waals surface area contributed by atoms with Crippen LogP contribution in [-0.4, -0.2) is 21.2 Å². The van der Waals surface area contributed by atoms with Gasteiger partial charge in [-0.05, 0) is 0 Å². The lowest BCUT2D eigenvalue weighted by Crippen LogP contribution is -2.24.